The van der Waals surface area contributed by atoms with E-state index in [-0.39, 0.29) is 0 Å². The van der Waals surface area contributed by atoms with E-state index in [1.165, 1.54) is 32.1 Å². The maximum absolute atomic E-state index is 2.43. The van der Waals surface area contributed by atoms with Crippen LogP contribution in [0.1, 0.15) is 59.8 Å². The molecule has 0 aromatic heterocycles. The molecule has 0 aromatic carbocycles. The molecule has 13 heavy (non-hydrogen) atoms. The predicted molar refractivity (Wildman–Crippen MR) is 59.7 cm³/mol. The first-order valence-corrected chi connectivity index (χ1v) is 6.15. The van der Waals surface area contributed by atoms with Crippen molar-refractivity contribution in [2.45, 2.75) is 59.8 Å². The van der Waals surface area contributed by atoms with E-state index in [1.807, 2.05) is 0 Å². The van der Waals surface area contributed by atoms with Crippen LogP contribution in [0.2, 0.25) is 0 Å². The molecule has 0 heteroatoms. The molecule has 0 aliphatic heterocycles. The van der Waals surface area contributed by atoms with Gasteiger partial charge in [0.2, 0.25) is 0 Å². The summed E-state index contributed by atoms with van der Waals surface area (Å²) in [5.41, 5.74) is 0. The van der Waals surface area contributed by atoms with E-state index in [4.69, 9.17) is 0 Å². The lowest BCUT2D eigenvalue weighted by Crippen LogP contribution is -2.31. The Labute approximate surface area is 84.1 Å². The Bertz CT molecular complexity index is 137. The van der Waals surface area contributed by atoms with Gasteiger partial charge in [-0.1, -0.05) is 40.5 Å². The van der Waals surface area contributed by atoms with Crippen LogP contribution >= 0.6 is 0 Å². The molecule has 0 radical (unpaired) electrons. The van der Waals surface area contributed by atoms with Gasteiger partial charge in [0.15, 0.2) is 0 Å². The van der Waals surface area contributed by atoms with Crippen LogP contribution in [-0.4, -0.2) is 0 Å². The summed E-state index contributed by atoms with van der Waals surface area (Å²) in [7, 11) is 0. The summed E-state index contributed by atoms with van der Waals surface area (Å²) in [4.78, 5) is 0. The van der Waals surface area contributed by atoms with Gasteiger partial charge in [-0.3, -0.25) is 0 Å². The second-order valence-corrected chi connectivity index (χ2v) is 5.37. The minimum atomic E-state index is 0.924. The van der Waals surface area contributed by atoms with Crippen molar-refractivity contribution >= 4 is 0 Å². The minimum absolute atomic E-state index is 0.924. The summed E-state index contributed by atoms with van der Waals surface area (Å²) in [6, 6.07) is 0. The van der Waals surface area contributed by atoms with Crippen molar-refractivity contribution in [3.63, 3.8) is 0 Å². The summed E-state index contributed by atoms with van der Waals surface area (Å²) in [5, 5.41) is 0. The fourth-order valence-electron chi connectivity index (χ4n) is 2.89. The third-order valence-electron chi connectivity index (χ3n) is 3.82. The molecule has 0 spiro atoms. The maximum atomic E-state index is 2.43. The van der Waals surface area contributed by atoms with Crippen LogP contribution in [0, 0.1) is 23.7 Å². The van der Waals surface area contributed by atoms with Gasteiger partial charge in [0.1, 0.15) is 0 Å². The van der Waals surface area contributed by atoms with Crippen LogP contribution < -0.4 is 0 Å². The van der Waals surface area contributed by atoms with Crippen molar-refractivity contribution in [3.8, 4) is 0 Å². The van der Waals surface area contributed by atoms with Gasteiger partial charge in [0.25, 0.3) is 0 Å². The van der Waals surface area contributed by atoms with Gasteiger partial charge in [-0.15, -0.1) is 0 Å². The fourth-order valence-corrected chi connectivity index (χ4v) is 2.89. The molecule has 3 unspecified atom stereocenters. The predicted octanol–water partition coefficient (Wildman–Crippen LogP) is 4.49. The molecule has 0 N–H and O–H groups in total. The Kier molecular flexibility index (Phi) is 4.28. The summed E-state index contributed by atoms with van der Waals surface area (Å²) >= 11 is 0. The highest BCUT2D eigenvalue weighted by atomic mass is 14.4. The zero-order valence-corrected chi connectivity index (χ0v) is 9.84. The van der Waals surface area contributed by atoms with Crippen molar-refractivity contribution < 1.29 is 0 Å². The molecule has 0 aromatic rings. The summed E-state index contributed by atoms with van der Waals surface area (Å²) in [6.45, 7) is 9.51. The van der Waals surface area contributed by atoms with Gasteiger partial charge in [-0.05, 0) is 42.9 Å². The molecule has 0 nitrogen and oxygen atoms in total. The zero-order chi connectivity index (χ0) is 9.84. The summed E-state index contributed by atoms with van der Waals surface area (Å²) < 4.78 is 0. The van der Waals surface area contributed by atoms with Crippen LogP contribution in [-0.2, 0) is 0 Å². The maximum Gasteiger partial charge on any atom is -0.0362 e. The number of hydrogen-bond donors (Lipinski definition) is 0. The molecule has 1 fully saturated rings. The Hall–Kier alpha value is 0. The molecule has 1 rings (SSSR count). The molecule has 0 saturated heterocycles. The highest BCUT2D eigenvalue weighted by Gasteiger charge is 2.33. The van der Waals surface area contributed by atoms with Gasteiger partial charge >= 0.3 is 0 Å². The third-order valence-corrected chi connectivity index (χ3v) is 3.82. The molecule has 1 saturated carbocycles. The molecular weight excluding hydrogens is 156 g/mol. The lowest BCUT2D eigenvalue weighted by Gasteiger charge is -2.41. The van der Waals surface area contributed by atoms with Crippen molar-refractivity contribution in [1.82, 2.24) is 0 Å². The van der Waals surface area contributed by atoms with E-state index in [0.29, 0.717) is 0 Å². The first-order valence-electron chi connectivity index (χ1n) is 6.15. The molecule has 1 aliphatic carbocycles. The lowest BCUT2D eigenvalue weighted by atomic mass is 9.65. The van der Waals surface area contributed by atoms with E-state index < -0.39 is 0 Å². The van der Waals surface area contributed by atoms with E-state index in [9.17, 15) is 0 Å². The van der Waals surface area contributed by atoms with Crippen LogP contribution in [0.15, 0.2) is 0 Å². The van der Waals surface area contributed by atoms with E-state index in [1.54, 1.807) is 0 Å². The van der Waals surface area contributed by atoms with Gasteiger partial charge in [0, 0.05) is 0 Å². The largest absolute Gasteiger partial charge is 0.0654 e. The molecule has 3 atom stereocenters. The van der Waals surface area contributed by atoms with Gasteiger partial charge in [0.05, 0.1) is 0 Å². The second-order valence-electron chi connectivity index (χ2n) is 5.37. The Morgan fingerprint density at radius 3 is 2.23 bits per heavy atom. The highest BCUT2D eigenvalue weighted by Crippen LogP contribution is 2.43. The molecular formula is C13H26. The van der Waals surface area contributed by atoms with Gasteiger partial charge in [-0.2, -0.15) is 0 Å². The Morgan fingerprint density at radius 2 is 1.85 bits per heavy atom. The summed E-state index contributed by atoms with van der Waals surface area (Å²) in [6.07, 6.45) is 7.30. The monoisotopic (exact) mass is 182 g/mol. The van der Waals surface area contributed by atoms with Crippen LogP contribution in [0.4, 0.5) is 0 Å². The topological polar surface area (TPSA) is 0 Å². The van der Waals surface area contributed by atoms with E-state index in [0.717, 1.165) is 23.7 Å². The third kappa shape index (κ3) is 3.00. The molecule has 78 valence electrons. The quantitative estimate of drug-likeness (QED) is 0.587. The molecule has 0 amide bonds. The van der Waals surface area contributed by atoms with Crippen LogP contribution in [0.3, 0.4) is 0 Å². The van der Waals surface area contributed by atoms with E-state index >= 15 is 0 Å². The Morgan fingerprint density at radius 1 is 1.15 bits per heavy atom. The SMILES string of the molecule is CCCC(C)CC1CCC1C(C)C. The molecule has 0 bridgehead atoms. The van der Waals surface area contributed by atoms with Gasteiger partial charge in [-0.25, -0.2) is 0 Å². The van der Waals surface area contributed by atoms with Crippen molar-refractivity contribution in [2.24, 2.45) is 23.7 Å². The summed E-state index contributed by atoms with van der Waals surface area (Å²) in [5.74, 6) is 4.02. The van der Waals surface area contributed by atoms with Crippen molar-refractivity contribution in [3.05, 3.63) is 0 Å². The smallest absolute Gasteiger partial charge is 0.0362 e. The number of rotatable bonds is 5. The lowest BCUT2D eigenvalue weighted by molar-refractivity contribution is 0.0965. The molecule has 1 aliphatic rings. The van der Waals surface area contributed by atoms with Crippen molar-refractivity contribution in [2.75, 3.05) is 0 Å². The minimum Gasteiger partial charge on any atom is -0.0654 e. The van der Waals surface area contributed by atoms with Gasteiger partial charge < -0.3 is 0 Å². The second kappa shape index (κ2) is 5.02. The van der Waals surface area contributed by atoms with E-state index in [2.05, 4.69) is 27.7 Å². The first-order chi connectivity index (χ1) is 6.15. The normalized spacial score (nSPS) is 30.2. The first kappa shape index (κ1) is 11.1. The van der Waals surface area contributed by atoms with Crippen LogP contribution in [0.5, 0.6) is 0 Å². The Balaban J connectivity index is 2.21. The number of hydrogen-bond acceptors (Lipinski definition) is 0. The molecule has 0 heterocycles. The van der Waals surface area contributed by atoms with Crippen LogP contribution in [0.25, 0.3) is 0 Å². The standard InChI is InChI=1S/C13H26/c1-5-6-11(4)9-12-7-8-13(12)10(2)3/h10-13H,5-9H2,1-4H3. The zero-order valence-electron chi connectivity index (χ0n) is 9.84. The van der Waals surface area contributed by atoms with Crippen molar-refractivity contribution in [1.29, 1.82) is 0 Å². The fraction of sp³-hybridized carbons (Fsp3) is 1.00. The average molecular weight is 182 g/mol. The average Bonchev–Trinajstić information content (AvgIpc) is 1.97. The highest BCUT2D eigenvalue weighted by molar-refractivity contribution is 4.83.